The summed E-state index contributed by atoms with van der Waals surface area (Å²) in [7, 11) is 0. The molecule has 4 nitrogen and oxygen atoms in total. The van der Waals surface area contributed by atoms with Gasteiger partial charge in [0.25, 0.3) is 5.91 Å². The third-order valence-electron chi connectivity index (χ3n) is 3.59. The molecular formula is C17H21ClFNO3. The molecule has 1 aliphatic rings. The Morgan fingerprint density at radius 3 is 3.00 bits per heavy atom. The highest BCUT2D eigenvalue weighted by Crippen LogP contribution is 2.19. The topological polar surface area (TPSA) is 47.6 Å². The molecule has 1 heterocycles. The van der Waals surface area contributed by atoms with Crippen LogP contribution in [0, 0.1) is 5.82 Å². The van der Waals surface area contributed by atoms with Crippen LogP contribution in [-0.4, -0.2) is 37.9 Å². The van der Waals surface area contributed by atoms with Gasteiger partial charge in [0.1, 0.15) is 5.82 Å². The van der Waals surface area contributed by atoms with Crippen LogP contribution < -0.4 is 5.32 Å². The highest BCUT2D eigenvalue weighted by Gasteiger charge is 2.28. The Kier molecular flexibility index (Phi) is 6.57. The van der Waals surface area contributed by atoms with Gasteiger partial charge in [0, 0.05) is 6.61 Å². The van der Waals surface area contributed by atoms with Crippen molar-refractivity contribution >= 4 is 17.5 Å². The van der Waals surface area contributed by atoms with E-state index < -0.39 is 5.82 Å². The van der Waals surface area contributed by atoms with Crippen LogP contribution in [0.5, 0.6) is 0 Å². The number of benzene rings is 1. The van der Waals surface area contributed by atoms with E-state index in [-0.39, 0.29) is 28.6 Å². The van der Waals surface area contributed by atoms with Crippen molar-refractivity contribution in [2.45, 2.75) is 32.4 Å². The minimum absolute atomic E-state index is 0.0845. The van der Waals surface area contributed by atoms with Gasteiger partial charge in [-0.1, -0.05) is 23.3 Å². The van der Waals surface area contributed by atoms with Gasteiger partial charge in [0.05, 0.1) is 35.9 Å². The Morgan fingerprint density at radius 2 is 2.30 bits per heavy atom. The van der Waals surface area contributed by atoms with Crippen LogP contribution in [0.3, 0.4) is 0 Å². The van der Waals surface area contributed by atoms with E-state index in [4.69, 9.17) is 21.1 Å². The summed E-state index contributed by atoms with van der Waals surface area (Å²) in [5.74, 6) is -0.836. The number of carbonyl (C=O) groups is 1. The standard InChI is InChI=1S/C17H21ClFNO3/c1-11(2)5-8-23-16-6-7-22-10-15(16)20-17(21)13-4-3-12(19)9-14(13)18/h3-5,9,15-16H,6-8,10H2,1-2H3,(H,20,21)/t15-,16+/m1/s1. The van der Waals surface area contributed by atoms with E-state index in [1.165, 1.54) is 17.7 Å². The fourth-order valence-electron chi connectivity index (χ4n) is 2.31. The van der Waals surface area contributed by atoms with E-state index in [9.17, 15) is 9.18 Å². The number of allylic oxidation sites excluding steroid dienone is 1. The van der Waals surface area contributed by atoms with E-state index in [0.29, 0.717) is 26.2 Å². The first-order chi connectivity index (χ1) is 11.0. The Labute approximate surface area is 140 Å². The number of nitrogens with one attached hydrogen (secondary N) is 1. The van der Waals surface area contributed by atoms with Gasteiger partial charge in [-0.15, -0.1) is 0 Å². The molecule has 0 aromatic heterocycles. The molecule has 1 fully saturated rings. The molecule has 1 amide bonds. The van der Waals surface area contributed by atoms with Gasteiger partial charge in [0.15, 0.2) is 0 Å². The average molecular weight is 342 g/mol. The Balaban J connectivity index is 2.00. The molecule has 1 aromatic rings. The molecule has 6 heteroatoms. The highest BCUT2D eigenvalue weighted by atomic mass is 35.5. The van der Waals surface area contributed by atoms with Gasteiger partial charge >= 0.3 is 0 Å². The van der Waals surface area contributed by atoms with Crippen molar-refractivity contribution in [2.24, 2.45) is 0 Å². The van der Waals surface area contributed by atoms with Crippen LogP contribution >= 0.6 is 11.6 Å². The maximum atomic E-state index is 13.1. The molecular weight excluding hydrogens is 321 g/mol. The van der Waals surface area contributed by atoms with Gasteiger partial charge in [-0.2, -0.15) is 0 Å². The number of hydrogen-bond donors (Lipinski definition) is 1. The Hall–Kier alpha value is -1.43. The zero-order valence-electron chi connectivity index (χ0n) is 13.3. The van der Waals surface area contributed by atoms with Crippen LogP contribution in [0.1, 0.15) is 30.6 Å². The number of ether oxygens (including phenoxy) is 2. The Bertz CT molecular complexity index is 587. The lowest BCUT2D eigenvalue weighted by Gasteiger charge is -2.32. The molecule has 0 saturated carbocycles. The smallest absolute Gasteiger partial charge is 0.253 e. The van der Waals surface area contributed by atoms with Crippen molar-refractivity contribution in [3.05, 3.63) is 46.3 Å². The summed E-state index contributed by atoms with van der Waals surface area (Å²) in [5, 5.41) is 2.95. The maximum absolute atomic E-state index is 13.1. The molecule has 0 spiro atoms. The number of amides is 1. The summed E-state index contributed by atoms with van der Waals surface area (Å²) in [6.07, 6.45) is 2.58. The summed E-state index contributed by atoms with van der Waals surface area (Å²) in [6.45, 7) is 5.48. The lowest BCUT2D eigenvalue weighted by molar-refractivity contribution is -0.0457. The summed E-state index contributed by atoms with van der Waals surface area (Å²) < 4.78 is 24.3. The first kappa shape index (κ1) is 17.9. The molecule has 0 bridgehead atoms. The van der Waals surface area contributed by atoms with Crippen LogP contribution in [0.25, 0.3) is 0 Å². The molecule has 23 heavy (non-hydrogen) atoms. The molecule has 0 aliphatic carbocycles. The van der Waals surface area contributed by atoms with E-state index in [0.717, 1.165) is 6.07 Å². The number of hydrogen-bond acceptors (Lipinski definition) is 3. The molecule has 1 saturated heterocycles. The monoisotopic (exact) mass is 341 g/mol. The van der Waals surface area contributed by atoms with Gasteiger partial charge in [-0.05, 0) is 38.5 Å². The molecule has 126 valence electrons. The zero-order chi connectivity index (χ0) is 16.8. The van der Waals surface area contributed by atoms with E-state index in [1.807, 2.05) is 19.9 Å². The lowest BCUT2D eigenvalue weighted by Crippen LogP contribution is -2.50. The second-order valence-electron chi connectivity index (χ2n) is 5.72. The molecule has 1 N–H and O–H groups in total. The summed E-state index contributed by atoms with van der Waals surface area (Å²) in [6, 6.07) is 3.44. The highest BCUT2D eigenvalue weighted by molar-refractivity contribution is 6.33. The Morgan fingerprint density at radius 1 is 1.52 bits per heavy atom. The summed E-state index contributed by atoms with van der Waals surface area (Å²) >= 11 is 5.93. The number of rotatable bonds is 5. The summed E-state index contributed by atoms with van der Waals surface area (Å²) in [5.41, 5.74) is 1.41. The fraction of sp³-hybridized carbons (Fsp3) is 0.471. The molecule has 1 aromatic carbocycles. The van der Waals surface area contributed by atoms with Crippen molar-refractivity contribution < 1.29 is 18.7 Å². The second-order valence-corrected chi connectivity index (χ2v) is 6.13. The summed E-state index contributed by atoms with van der Waals surface area (Å²) in [4.78, 5) is 12.3. The largest absolute Gasteiger partial charge is 0.379 e. The molecule has 0 radical (unpaired) electrons. The van der Waals surface area contributed by atoms with E-state index in [1.54, 1.807) is 0 Å². The van der Waals surface area contributed by atoms with Crippen molar-refractivity contribution in [1.29, 1.82) is 0 Å². The van der Waals surface area contributed by atoms with Crippen LogP contribution in [0.15, 0.2) is 29.8 Å². The van der Waals surface area contributed by atoms with Crippen molar-refractivity contribution in [2.75, 3.05) is 19.8 Å². The van der Waals surface area contributed by atoms with Crippen molar-refractivity contribution in [3.63, 3.8) is 0 Å². The van der Waals surface area contributed by atoms with Gasteiger partial charge < -0.3 is 14.8 Å². The van der Waals surface area contributed by atoms with E-state index >= 15 is 0 Å². The second kappa shape index (κ2) is 8.43. The third-order valence-corrected chi connectivity index (χ3v) is 3.90. The molecule has 0 unspecified atom stereocenters. The SMILES string of the molecule is CC(C)=CCO[C@H]1CCOC[C@H]1NC(=O)c1ccc(F)cc1Cl. The van der Waals surface area contributed by atoms with Crippen molar-refractivity contribution in [3.8, 4) is 0 Å². The minimum Gasteiger partial charge on any atom is -0.379 e. The first-order valence-electron chi connectivity index (χ1n) is 7.56. The molecule has 1 aliphatic heterocycles. The van der Waals surface area contributed by atoms with Gasteiger partial charge in [0.2, 0.25) is 0 Å². The van der Waals surface area contributed by atoms with E-state index in [2.05, 4.69) is 5.32 Å². The van der Waals surface area contributed by atoms with Crippen LogP contribution in [-0.2, 0) is 9.47 Å². The average Bonchev–Trinajstić information content (AvgIpc) is 2.48. The van der Waals surface area contributed by atoms with Crippen LogP contribution in [0.4, 0.5) is 4.39 Å². The normalized spacial score (nSPS) is 20.9. The maximum Gasteiger partial charge on any atom is 0.253 e. The van der Waals surface area contributed by atoms with Gasteiger partial charge in [-0.3, -0.25) is 4.79 Å². The van der Waals surface area contributed by atoms with Crippen LogP contribution in [0.2, 0.25) is 5.02 Å². The number of carbonyl (C=O) groups excluding carboxylic acids is 1. The lowest BCUT2D eigenvalue weighted by atomic mass is 10.1. The predicted octanol–water partition coefficient (Wildman–Crippen LogP) is 3.35. The van der Waals surface area contributed by atoms with Gasteiger partial charge in [-0.25, -0.2) is 4.39 Å². The fourth-order valence-corrected chi connectivity index (χ4v) is 2.56. The van der Waals surface area contributed by atoms with Crippen molar-refractivity contribution in [1.82, 2.24) is 5.32 Å². The predicted molar refractivity (Wildman–Crippen MR) is 87.3 cm³/mol. The molecule has 2 rings (SSSR count). The molecule has 2 atom stereocenters. The quantitative estimate of drug-likeness (QED) is 0.835. The first-order valence-corrected chi connectivity index (χ1v) is 7.94. The third kappa shape index (κ3) is 5.30. The zero-order valence-corrected chi connectivity index (χ0v) is 14.0. The minimum atomic E-state index is -0.476. The number of halogens is 2.